The van der Waals surface area contributed by atoms with Crippen LogP contribution in [0.4, 0.5) is 4.79 Å². The Morgan fingerprint density at radius 1 is 1.29 bits per heavy atom. The third-order valence-corrected chi connectivity index (χ3v) is 2.58. The fraction of sp³-hybridized carbons (Fsp3) is 0.562. The predicted octanol–water partition coefficient (Wildman–Crippen LogP) is 2.52. The first-order valence-electron chi connectivity index (χ1n) is 7.18. The molecule has 5 nitrogen and oxygen atoms in total. The molecule has 21 heavy (non-hydrogen) atoms. The summed E-state index contributed by atoms with van der Waals surface area (Å²) in [6.07, 6.45) is 1.17. The fourth-order valence-electron chi connectivity index (χ4n) is 1.74. The first-order valence-corrected chi connectivity index (χ1v) is 7.18. The summed E-state index contributed by atoms with van der Waals surface area (Å²) in [6.45, 7) is 6.40. The molecule has 0 atom stereocenters. The molecule has 2 N–H and O–H groups in total. The van der Waals surface area contributed by atoms with E-state index in [9.17, 15) is 4.79 Å². The van der Waals surface area contributed by atoms with Crippen LogP contribution in [0.15, 0.2) is 24.3 Å². The van der Waals surface area contributed by atoms with E-state index in [0.29, 0.717) is 13.2 Å². The van der Waals surface area contributed by atoms with Gasteiger partial charge in [-0.3, -0.25) is 0 Å². The van der Waals surface area contributed by atoms with Crippen molar-refractivity contribution in [3.05, 3.63) is 29.8 Å². The molecule has 1 aromatic carbocycles. The molecule has 0 spiro atoms. The van der Waals surface area contributed by atoms with Crippen molar-refractivity contribution in [2.75, 3.05) is 19.8 Å². The largest absolute Gasteiger partial charge is 0.491 e. The Hall–Kier alpha value is -1.75. The summed E-state index contributed by atoms with van der Waals surface area (Å²) in [4.78, 5) is 11.5. The van der Waals surface area contributed by atoms with E-state index in [0.717, 1.165) is 24.2 Å². The lowest BCUT2D eigenvalue weighted by Crippen LogP contribution is -2.41. The number of aliphatic hydroxyl groups excluding tert-OH is 1. The van der Waals surface area contributed by atoms with Gasteiger partial charge >= 0.3 is 6.09 Å². The summed E-state index contributed by atoms with van der Waals surface area (Å²) < 4.78 is 10.5. The van der Waals surface area contributed by atoms with Crippen LogP contribution in [0.5, 0.6) is 5.75 Å². The number of aliphatic hydroxyl groups is 1. The second-order valence-corrected chi connectivity index (χ2v) is 5.83. The minimum absolute atomic E-state index is 0.000948. The van der Waals surface area contributed by atoms with E-state index in [1.54, 1.807) is 0 Å². The average Bonchev–Trinajstić information content (AvgIpc) is 2.40. The van der Waals surface area contributed by atoms with Gasteiger partial charge in [-0.2, -0.15) is 0 Å². The van der Waals surface area contributed by atoms with Crippen molar-refractivity contribution >= 4 is 6.09 Å². The maximum atomic E-state index is 11.5. The van der Waals surface area contributed by atoms with Crippen LogP contribution in [-0.4, -0.2) is 36.6 Å². The lowest BCUT2D eigenvalue weighted by Gasteiger charge is -2.19. The van der Waals surface area contributed by atoms with E-state index in [4.69, 9.17) is 14.6 Å². The van der Waals surface area contributed by atoms with Crippen molar-refractivity contribution in [2.45, 2.75) is 39.2 Å². The van der Waals surface area contributed by atoms with Crippen molar-refractivity contribution in [1.82, 2.24) is 5.32 Å². The van der Waals surface area contributed by atoms with Gasteiger partial charge in [0.05, 0.1) is 13.2 Å². The first kappa shape index (κ1) is 17.3. The molecule has 5 heteroatoms. The average molecular weight is 295 g/mol. The fourth-order valence-corrected chi connectivity index (χ4v) is 1.74. The zero-order chi connectivity index (χ0) is 15.7. The van der Waals surface area contributed by atoms with Gasteiger partial charge < -0.3 is 19.9 Å². The van der Waals surface area contributed by atoms with Crippen LogP contribution < -0.4 is 10.1 Å². The van der Waals surface area contributed by atoms with Gasteiger partial charge in [-0.15, -0.1) is 0 Å². The normalized spacial score (nSPS) is 11.0. The van der Waals surface area contributed by atoms with Crippen LogP contribution in [-0.2, 0) is 11.2 Å². The van der Waals surface area contributed by atoms with Gasteiger partial charge in [-0.05, 0) is 51.3 Å². The summed E-state index contributed by atoms with van der Waals surface area (Å²) in [5, 5.41) is 11.5. The molecule has 0 saturated carbocycles. The molecule has 1 aromatic rings. The summed E-state index contributed by atoms with van der Waals surface area (Å²) >= 11 is 0. The van der Waals surface area contributed by atoms with Gasteiger partial charge in [-0.25, -0.2) is 4.79 Å². The van der Waals surface area contributed by atoms with E-state index in [2.05, 4.69) is 5.32 Å². The second kappa shape index (κ2) is 8.52. The lowest BCUT2D eigenvalue weighted by atomic mass is 10.1. The second-order valence-electron chi connectivity index (χ2n) is 5.83. The third kappa shape index (κ3) is 8.19. The minimum atomic E-state index is -0.387. The number of amides is 1. The SMILES string of the molecule is CC(C)(C)NC(=O)OCCCc1cccc(OCCO)c1. The molecule has 0 aliphatic rings. The van der Waals surface area contributed by atoms with Gasteiger partial charge in [-0.1, -0.05) is 12.1 Å². The van der Waals surface area contributed by atoms with E-state index < -0.39 is 0 Å². The number of hydrogen-bond acceptors (Lipinski definition) is 4. The monoisotopic (exact) mass is 295 g/mol. The Morgan fingerprint density at radius 2 is 2.05 bits per heavy atom. The lowest BCUT2D eigenvalue weighted by molar-refractivity contribution is 0.136. The van der Waals surface area contributed by atoms with E-state index in [1.165, 1.54) is 0 Å². The van der Waals surface area contributed by atoms with E-state index in [-0.39, 0.29) is 18.2 Å². The molecule has 0 unspecified atom stereocenters. The number of aryl methyl sites for hydroxylation is 1. The number of carbonyl (C=O) groups is 1. The minimum Gasteiger partial charge on any atom is -0.491 e. The van der Waals surface area contributed by atoms with Gasteiger partial charge in [0.1, 0.15) is 12.4 Å². The van der Waals surface area contributed by atoms with Crippen LogP contribution in [0, 0.1) is 0 Å². The Morgan fingerprint density at radius 3 is 2.71 bits per heavy atom. The molecule has 1 rings (SSSR count). The van der Waals surface area contributed by atoms with Crippen LogP contribution in [0.2, 0.25) is 0 Å². The molecular weight excluding hydrogens is 270 g/mol. The number of alkyl carbamates (subject to hydrolysis) is 1. The molecule has 0 aliphatic carbocycles. The predicted molar refractivity (Wildman–Crippen MR) is 81.6 cm³/mol. The number of hydrogen-bond donors (Lipinski definition) is 2. The molecule has 118 valence electrons. The number of rotatable bonds is 7. The van der Waals surface area contributed by atoms with Crippen molar-refractivity contribution in [3.8, 4) is 5.75 Å². The zero-order valence-corrected chi connectivity index (χ0v) is 13.0. The highest BCUT2D eigenvalue weighted by Gasteiger charge is 2.14. The smallest absolute Gasteiger partial charge is 0.407 e. The van der Waals surface area contributed by atoms with Crippen LogP contribution >= 0.6 is 0 Å². The zero-order valence-electron chi connectivity index (χ0n) is 13.0. The molecule has 0 bridgehead atoms. The highest BCUT2D eigenvalue weighted by Crippen LogP contribution is 2.14. The van der Waals surface area contributed by atoms with E-state index >= 15 is 0 Å². The molecule has 0 saturated heterocycles. The Balaban J connectivity index is 2.28. The third-order valence-electron chi connectivity index (χ3n) is 2.58. The molecule has 1 amide bonds. The molecule has 0 fully saturated rings. The molecule has 0 radical (unpaired) electrons. The number of nitrogens with one attached hydrogen (secondary N) is 1. The highest BCUT2D eigenvalue weighted by atomic mass is 16.5. The Bertz CT molecular complexity index is 440. The van der Waals surface area contributed by atoms with Crippen molar-refractivity contribution in [3.63, 3.8) is 0 Å². The molecule has 0 aromatic heterocycles. The summed E-state index contributed by atoms with van der Waals surface area (Å²) in [5.41, 5.74) is 0.834. The number of ether oxygens (including phenoxy) is 2. The van der Waals surface area contributed by atoms with Crippen LogP contribution in [0.3, 0.4) is 0 Å². The number of carbonyl (C=O) groups excluding carboxylic acids is 1. The van der Waals surface area contributed by atoms with Crippen molar-refractivity contribution in [2.24, 2.45) is 0 Å². The highest BCUT2D eigenvalue weighted by molar-refractivity contribution is 5.67. The number of benzene rings is 1. The quantitative estimate of drug-likeness (QED) is 0.758. The van der Waals surface area contributed by atoms with Gasteiger partial charge in [0.25, 0.3) is 0 Å². The summed E-state index contributed by atoms with van der Waals surface area (Å²) in [6, 6.07) is 7.70. The molecule has 0 heterocycles. The first-order chi connectivity index (χ1) is 9.90. The van der Waals surface area contributed by atoms with Gasteiger partial charge in [0.2, 0.25) is 0 Å². The molecular formula is C16H25NO4. The van der Waals surface area contributed by atoms with Gasteiger partial charge in [0, 0.05) is 5.54 Å². The topological polar surface area (TPSA) is 67.8 Å². The summed E-state index contributed by atoms with van der Waals surface area (Å²) in [7, 11) is 0. The Labute approximate surface area is 126 Å². The van der Waals surface area contributed by atoms with Crippen LogP contribution in [0.1, 0.15) is 32.8 Å². The van der Waals surface area contributed by atoms with Gasteiger partial charge in [0.15, 0.2) is 0 Å². The maximum Gasteiger partial charge on any atom is 0.407 e. The van der Waals surface area contributed by atoms with Crippen LogP contribution in [0.25, 0.3) is 0 Å². The van der Waals surface area contributed by atoms with Crippen molar-refractivity contribution < 1.29 is 19.4 Å². The standard InChI is InChI=1S/C16H25NO4/c1-16(2,3)17-15(19)21-10-5-7-13-6-4-8-14(12-13)20-11-9-18/h4,6,8,12,18H,5,7,9-11H2,1-3H3,(H,17,19). The maximum absolute atomic E-state index is 11.5. The Kier molecular flexibility index (Phi) is 7.02. The molecule has 0 aliphatic heterocycles. The van der Waals surface area contributed by atoms with E-state index in [1.807, 2.05) is 45.0 Å². The van der Waals surface area contributed by atoms with Crippen molar-refractivity contribution in [1.29, 1.82) is 0 Å². The summed E-state index contributed by atoms with van der Waals surface area (Å²) in [5.74, 6) is 0.743.